The van der Waals surface area contributed by atoms with Crippen molar-refractivity contribution >= 4 is 28.3 Å². The summed E-state index contributed by atoms with van der Waals surface area (Å²) in [7, 11) is 0. The molecule has 0 radical (unpaired) electrons. The largest absolute Gasteiger partial charge is 0.360 e. The molecule has 0 saturated heterocycles. The Labute approximate surface area is 120 Å². The number of aromatic nitrogens is 1. The Kier molecular flexibility index (Phi) is 3.07. The van der Waals surface area contributed by atoms with Gasteiger partial charge in [0.1, 0.15) is 5.82 Å². The molecule has 0 unspecified atom stereocenters. The van der Waals surface area contributed by atoms with Crippen molar-refractivity contribution in [2.75, 3.05) is 0 Å². The zero-order valence-electron chi connectivity index (χ0n) is 10.7. The minimum absolute atomic E-state index is 0.0103. The molecule has 2 aromatic carbocycles. The van der Waals surface area contributed by atoms with Gasteiger partial charge >= 0.3 is 0 Å². The van der Waals surface area contributed by atoms with Crippen LogP contribution in [0.2, 0.25) is 5.02 Å². The van der Waals surface area contributed by atoms with E-state index in [9.17, 15) is 9.18 Å². The SMILES string of the molecule is Cc1ccc2c(C(=O)c3ccc(Cl)c(F)c3)c[nH]c2c1. The maximum atomic E-state index is 13.5. The number of ketones is 1. The molecule has 0 bridgehead atoms. The fraction of sp³-hybridized carbons (Fsp3) is 0.0625. The predicted molar refractivity (Wildman–Crippen MR) is 77.9 cm³/mol. The van der Waals surface area contributed by atoms with Crippen molar-refractivity contribution < 1.29 is 9.18 Å². The molecule has 0 saturated carbocycles. The van der Waals surface area contributed by atoms with E-state index in [-0.39, 0.29) is 16.4 Å². The molecule has 1 aromatic heterocycles. The normalized spacial score (nSPS) is 10.9. The predicted octanol–water partition coefficient (Wildman–Crippen LogP) is 4.50. The van der Waals surface area contributed by atoms with Gasteiger partial charge in [-0.2, -0.15) is 0 Å². The number of halogens is 2. The van der Waals surface area contributed by atoms with E-state index in [4.69, 9.17) is 11.6 Å². The van der Waals surface area contributed by atoms with Gasteiger partial charge in [-0.05, 0) is 36.8 Å². The second-order valence-corrected chi connectivity index (χ2v) is 5.12. The van der Waals surface area contributed by atoms with Gasteiger partial charge in [-0.3, -0.25) is 4.79 Å². The third kappa shape index (κ3) is 2.10. The van der Waals surface area contributed by atoms with Gasteiger partial charge in [-0.25, -0.2) is 4.39 Å². The number of hydrogen-bond donors (Lipinski definition) is 1. The quantitative estimate of drug-likeness (QED) is 0.692. The van der Waals surface area contributed by atoms with E-state index < -0.39 is 5.82 Å². The van der Waals surface area contributed by atoms with Crippen LogP contribution in [0.4, 0.5) is 4.39 Å². The molecule has 0 aliphatic carbocycles. The summed E-state index contributed by atoms with van der Waals surface area (Å²) in [6.45, 7) is 1.98. The van der Waals surface area contributed by atoms with Crippen molar-refractivity contribution in [1.29, 1.82) is 0 Å². The molecule has 20 heavy (non-hydrogen) atoms. The van der Waals surface area contributed by atoms with Gasteiger partial charge in [-0.15, -0.1) is 0 Å². The fourth-order valence-electron chi connectivity index (χ4n) is 2.22. The van der Waals surface area contributed by atoms with Crippen LogP contribution in [0.5, 0.6) is 0 Å². The maximum absolute atomic E-state index is 13.5. The average molecular weight is 288 g/mol. The lowest BCUT2D eigenvalue weighted by atomic mass is 10.0. The maximum Gasteiger partial charge on any atom is 0.195 e. The van der Waals surface area contributed by atoms with Crippen LogP contribution < -0.4 is 0 Å². The van der Waals surface area contributed by atoms with Gasteiger partial charge in [0.05, 0.1) is 5.02 Å². The third-order valence-corrected chi connectivity index (χ3v) is 3.57. The van der Waals surface area contributed by atoms with Crippen LogP contribution in [0.25, 0.3) is 10.9 Å². The Hall–Kier alpha value is -2.13. The molecule has 100 valence electrons. The first-order valence-corrected chi connectivity index (χ1v) is 6.51. The second kappa shape index (κ2) is 4.76. The van der Waals surface area contributed by atoms with Crippen LogP contribution in [0.3, 0.4) is 0 Å². The van der Waals surface area contributed by atoms with E-state index >= 15 is 0 Å². The topological polar surface area (TPSA) is 32.9 Å². The van der Waals surface area contributed by atoms with E-state index in [0.29, 0.717) is 5.56 Å². The monoisotopic (exact) mass is 287 g/mol. The highest BCUT2D eigenvalue weighted by atomic mass is 35.5. The molecule has 0 atom stereocenters. The number of aryl methyl sites for hydroxylation is 1. The third-order valence-electron chi connectivity index (χ3n) is 3.26. The van der Waals surface area contributed by atoms with E-state index in [0.717, 1.165) is 22.5 Å². The molecule has 3 rings (SSSR count). The minimum atomic E-state index is -0.590. The van der Waals surface area contributed by atoms with Gasteiger partial charge < -0.3 is 4.98 Å². The summed E-state index contributed by atoms with van der Waals surface area (Å²) in [6, 6.07) is 9.88. The van der Waals surface area contributed by atoms with Crippen LogP contribution in [-0.2, 0) is 0 Å². The van der Waals surface area contributed by atoms with E-state index in [2.05, 4.69) is 4.98 Å². The summed E-state index contributed by atoms with van der Waals surface area (Å²) in [5.74, 6) is -0.816. The lowest BCUT2D eigenvalue weighted by molar-refractivity contribution is 0.104. The molecule has 0 aliphatic rings. The van der Waals surface area contributed by atoms with Gasteiger partial charge in [0, 0.05) is 28.2 Å². The van der Waals surface area contributed by atoms with Crippen molar-refractivity contribution in [3.63, 3.8) is 0 Å². The van der Waals surface area contributed by atoms with Crippen LogP contribution >= 0.6 is 11.6 Å². The Morgan fingerprint density at radius 1 is 1.20 bits per heavy atom. The number of benzene rings is 2. The molecule has 2 nitrogen and oxygen atoms in total. The van der Waals surface area contributed by atoms with E-state index in [1.807, 2.05) is 25.1 Å². The Morgan fingerprint density at radius 3 is 2.75 bits per heavy atom. The summed E-state index contributed by atoms with van der Waals surface area (Å²) in [5, 5.41) is 0.840. The fourth-order valence-corrected chi connectivity index (χ4v) is 2.34. The number of nitrogens with one attached hydrogen (secondary N) is 1. The summed E-state index contributed by atoms with van der Waals surface area (Å²) >= 11 is 5.63. The number of aromatic amines is 1. The highest BCUT2D eigenvalue weighted by Gasteiger charge is 2.15. The molecular formula is C16H11ClFNO. The molecule has 4 heteroatoms. The van der Waals surface area contributed by atoms with Crippen LogP contribution in [0, 0.1) is 12.7 Å². The summed E-state index contributed by atoms with van der Waals surface area (Å²) in [4.78, 5) is 15.5. The highest BCUT2D eigenvalue weighted by Crippen LogP contribution is 2.24. The minimum Gasteiger partial charge on any atom is -0.360 e. The molecule has 0 amide bonds. The Balaban J connectivity index is 2.10. The van der Waals surface area contributed by atoms with Gasteiger partial charge in [0.25, 0.3) is 0 Å². The number of hydrogen-bond acceptors (Lipinski definition) is 1. The van der Waals surface area contributed by atoms with Gasteiger partial charge in [-0.1, -0.05) is 23.7 Å². The zero-order chi connectivity index (χ0) is 14.3. The Bertz CT molecular complexity index is 822. The molecule has 0 aliphatic heterocycles. The first-order valence-electron chi connectivity index (χ1n) is 6.14. The molecule has 0 spiro atoms. The van der Waals surface area contributed by atoms with Crippen LogP contribution in [-0.4, -0.2) is 10.8 Å². The molecular weight excluding hydrogens is 277 g/mol. The van der Waals surface area contributed by atoms with Gasteiger partial charge in [0.2, 0.25) is 0 Å². The smallest absolute Gasteiger partial charge is 0.195 e. The first-order chi connectivity index (χ1) is 9.56. The lowest BCUT2D eigenvalue weighted by Crippen LogP contribution is -2.01. The standard InChI is InChI=1S/C16H11ClFNO/c1-9-2-4-11-12(8-19-15(11)6-9)16(20)10-3-5-13(17)14(18)7-10/h2-8,19H,1H3. The van der Waals surface area contributed by atoms with Crippen molar-refractivity contribution in [2.45, 2.75) is 6.92 Å². The Morgan fingerprint density at radius 2 is 2.00 bits per heavy atom. The molecule has 1 N–H and O–H groups in total. The van der Waals surface area contributed by atoms with Crippen molar-refractivity contribution in [3.8, 4) is 0 Å². The summed E-state index contributed by atoms with van der Waals surface area (Å²) in [6.07, 6.45) is 1.65. The number of carbonyl (C=O) groups excluding carboxylic acids is 1. The van der Waals surface area contributed by atoms with Crippen LogP contribution in [0.1, 0.15) is 21.5 Å². The van der Waals surface area contributed by atoms with E-state index in [1.165, 1.54) is 12.1 Å². The lowest BCUT2D eigenvalue weighted by Gasteiger charge is -2.01. The molecule has 3 aromatic rings. The second-order valence-electron chi connectivity index (χ2n) is 4.71. The highest BCUT2D eigenvalue weighted by molar-refractivity contribution is 6.31. The summed E-state index contributed by atoms with van der Waals surface area (Å²) in [5.41, 5.74) is 2.81. The van der Waals surface area contributed by atoms with Crippen molar-refractivity contribution in [3.05, 3.63) is 70.1 Å². The zero-order valence-corrected chi connectivity index (χ0v) is 11.5. The number of rotatable bonds is 2. The first kappa shape index (κ1) is 12.9. The summed E-state index contributed by atoms with van der Waals surface area (Å²) < 4.78 is 13.5. The number of carbonyl (C=O) groups is 1. The number of fused-ring (bicyclic) bond motifs is 1. The van der Waals surface area contributed by atoms with E-state index in [1.54, 1.807) is 6.20 Å². The average Bonchev–Trinajstić information content (AvgIpc) is 2.84. The van der Waals surface area contributed by atoms with Crippen LogP contribution in [0.15, 0.2) is 42.6 Å². The van der Waals surface area contributed by atoms with Crippen molar-refractivity contribution in [2.24, 2.45) is 0 Å². The van der Waals surface area contributed by atoms with Gasteiger partial charge in [0.15, 0.2) is 5.78 Å². The molecule has 1 heterocycles. The van der Waals surface area contributed by atoms with Crippen molar-refractivity contribution in [1.82, 2.24) is 4.98 Å². The number of H-pyrrole nitrogens is 1. The molecule has 0 fully saturated rings.